The van der Waals surface area contributed by atoms with Crippen molar-refractivity contribution in [3.05, 3.63) is 0 Å². The third-order valence-electron chi connectivity index (χ3n) is 2.42. The maximum absolute atomic E-state index is 9.66. The van der Waals surface area contributed by atoms with Gasteiger partial charge in [0.25, 0.3) is 0 Å². The van der Waals surface area contributed by atoms with Crippen LogP contribution in [0.15, 0.2) is 0 Å². The van der Waals surface area contributed by atoms with Gasteiger partial charge >= 0.3 is 0 Å². The summed E-state index contributed by atoms with van der Waals surface area (Å²) >= 11 is 0. The van der Waals surface area contributed by atoms with E-state index in [-0.39, 0.29) is 0 Å². The highest BCUT2D eigenvalue weighted by atomic mass is 16.6. The van der Waals surface area contributed by atoms with Crippen LogP contribution >= 0.6 is 0 Å². The first-order valence-electron chi connectivity index (χ1n) is 4.31. The molecule has 5 unspecified atom stereocenters. The van der Waals surface area contributed by atoms with Crippen LogP contribution in [0.1, 0.15) is 6.92 Å². The fourth-order valence-electron chi connectivity index (χ4n) is 1.64. The van der Waals surface area contributed by atoms with E-state index in [1.165, 1.54) is 0 Å². The maximum Gasteiger partial charge on any atom is 0.182 e. The van der Waals surface area contributed by atoms with Gasteiger partial charge in [0.15, 0.2) is 6.29 Å². The van der Waals surface area contributed by atoms with Gasteiger partial charge in [-0.05, 0) is 21.0 Å². The average molecular weight is 191 g/mol. The second kappa shape index (κ2) is 3.89. The normalized spacial score (nSPS) is 46.8. The summed E-state index contributed by atoms with van der Waals surface area (Å²) in [4.78, 5) is 1.68. The molecule has 0 amide bonds. The van der Waals surface area contributed by atoms with E-state index >= 15 is 0 Å². The lowest BCUT2D eigenvalue weighted by molar-refractivity contribution is -0.263. The number of aliphatic hydroxyl groups excluding tert-OH is 3. The van der Waals surface area contributed by atoms with Gasteiger partial charge in [0.05, 0.1) is 18.2 Å². The highest BCUT2D eigenvalue weighted by Crippen LogP contribution is 2.22. The van der Waals surface area contributed by atoms with Gasteiger partial charge in [0.1, 0.15) is 6.10 Å². The zero-order valence-electron chi connectivity index (χ0n) is 8.08. The highest BCUT2D eigenvalue weighted by molar-refractivity contribution is 4.91. The Bertz CT molecular complexity index is 162. The first-order valence-corrected chi connectivity index (χ1v) is 4.31. The number of rotatable bonds is 1. The SMILES string of the molecule is CC1OC(O)C(O)C(N(C)C)C1O. The molecule has 78 valence electrons. The summed E-state index contributed by atoms with van der Waals surface area (Å²) in [5, 5.41) is 28.5. The molecule has 0 aromatic carbocycles. The minimum absolute atomic E-state index is 0.467. The summed E-state index contributed by atoms with van der Waals surface area (Å²) in [5.41, 5.74) is 0. The molecule has 3 N–H and O–H groups in total. The van der Waals surface area contributed by atoms with E-state index in [9.17, 15) is 15.3 Å². The molecule has 0 radical (unpaired) electrons. The second-order valence-corrected chi connectivity index (χ2v) is 3.67. The molecule has 0 bridgehead atoms. The fourth-order valence-corrected chi connectivity index (χ4v) is 1.64. The molecule has 0 saturated carbocycles. The summed E-state index contributed by atoms with van der Waals surface area (Å²) in [6, 6.07) is -0.487. The summed E-state index contributed by atoms with van der Waals surface area (Å²) < 4.78 is 4.92. The van der Waals surface area contributed by atoms with Crippen LogP contribution in [0.5, 0.6) is 0 Å². The van der Waals surface area contributed by atoms with Crippen LogP contribution in [-0.2, 0) is 4.74 Å². The predicted molar refractivity (Wildman–Crippen MR) is 46.0 cm³/mol. The van der Waals surface area contributed by atoms with Gasteiger partial charge < -0.3 is 25.0 Å². The van der Waals surface area contributed by atoms with Crippen LogP contribution in [0.25, 0.3) is 0 Å². The van der Waals surface area contributed by atoms with Crippen molar-refractivity contribution in [2.75, 3.05) is 14.1 Å². The lowest BCUT2D eigenvalue weighted by atomic mass is 9.96. The van der Waals surface area contributed by atoms with Crippen LogP contribution in [0.4, 0.5) is 0 Å². The third-order valence-corrected chi connectivity index (χ3v) is 2.42. The molecule has 1 aliphatic heterocycles. The number of aliphatic hydroxyl groups is 3. The maximum atomic E-state index is 9.66. The number of hydrogen-bond donors (Lipinski definition) is 3. The Morgan fingerprint density at radius 1 is 1.08 bits per heavy atom. The van der Waals surface area contributed by atoms with Crippen molar-refractivity contribution in [3.63, 3.8) is 0 Å². The molecule has 0 aromatic heterocycles. The van der Waals surface area contributed by atoms with Gasteiger partial charge in [0, 0.05) is 0 Å². The van der Waals surface area contributed by atoms with E-state index in [2.05, 4.69) is 0 Å². The zero-order valence-corrected chi connectivity index (χ0v) is 8.08. The van der Waals surface area contributed by atoms with Gasteiger partial charge in [-0.1, -0.05) is 0 Å². The van der Waals surface area contributed by atoms with Crippen molar-refractivity contribution >= 4 is 0 Å². The van der Waals surface area contributed by atoms with Gasteiger partial charge in [-0.25, -0.2) is 0 Å². The molecule has 1 aliphatic rings. The van der Waals surface area contributed by atoms with Gasteiger partial charge in [0.2, 0.25) is 0 Å². The van der Waals surface area contributed by atoms with Crippen LogP contribution in [0.3, 0.4) is 0 Å². The Labute approximate surface area is 77.5 Å². The van der Waals surface area contributed by atoms with Crippen molar-refractivity contribution in [2.45, 2.75) is 37.6 Å². The van der Waals surface area contributed by atoms with Gasteiger partial charge in [-0.3, -0.25) is 0 Å². The molecule has 1 heterocycles. The van der Waals surface area contributed by atoms with E-state index in [4.69, 9.17) is 4.74 Å². The molecular formula is C8H17NO4. The average Bonchev–Trinajstić information content (AvgIpc) is 2.01. The van der Waals surface area contributed by atoms with Crippen LogP contribution in [-0.4, -0.2) is 65.0 Å². The molecule has 1 fully saturated rings. The summed E-state index contributed by atoms with van der Waals surface area (Å²) in [7, 11) is 3.48. The largest absolute Gasteiger partial charge is 0.389 e. The van der Waals surface area contributed by atoms with E-state index in [0.717, 1.165) is 0 Å². The summed E-state index contributed by atoms with van der Waals surface area (Å²) in [5.74, 6) is 0. The number of likely N-dealkylation sites (N-methyl/N-ethyl adjacent to an activating group) is 1. The Morgan fingerprint density at radius 2 is 1.62 bits per heavy atom. The molecule has 1 rings (SSSR count). The molecule has 5 nitrogen and oxygen atoms in total. The van der Waals surface area contributed by atoms with Crippen molar-refractivity contribution in [2.24, 2.45) is 0 Å². The highest BCUT2D eigenvalue weighted by Gasteiger charge is 2.42. The van der Waals surface area contributed by atoms with Crippen molar-refractivity contribution in [3.8, 4) is 0 Å². The number of hydrogen-bond acceptors (Lipinski definition) is 5. The molecule has 13 heavy (non-hydrogen) atoms. The first-order chi connectivity index (χ1) is 5.95. The molecule has 5 heteroatoms. The first kappa shape index (κ1) is 10.9. The van der Waals surface area contributed by atoms with Crippen molar-refractivity contribution in [1.82, 2.24) is 4.90 Å². The van der Waals surface area contributed by atoms with Crippen LogP contribution in [0, 0.1) is 0 Å². The smallest absolute Gasteiger partial charge is 0.182 e. The lowest BCUT2D eigenvalue weighted by Crippen LogP contribution is -2.61. The Hall–Kier alpha value is -0.200. The predicted octanol–water partition coefficient (Wildman–Crippen LogP) is -1.62. The number of ether oxygens (including phenoxy) is 1. The Morgan fingerprint density at radius 3 is 2.08 bits per heavy atom. The Kier molecular flexibility index (Phi) is 3.26. The minimum atomic E-state index is -1.22. The van der Waals surface area contributed by atoms with E-state index in [1.807, 2.05) is 0 Å². The zero-order chi connectivity index (χ0) is 10.2. The van der Waals surface area contributed by atoms with Crippen LogP contribution < -0.4 is 0 Å². The molecule has 0 aromatic rings. The molecular weight excluding hydrogens is 174 g/mol. The summed E-state index contributed by atoms with van der Waals surface area (Å²) in [6.07, 6.45) is -3.54. The fraction of sp³-hybridized carbons (Fsp3) is 1.00. The second-order valence-electron chi connectivity index (χ2n) is 3.67. The van der Waals surface area contributed by atoms with Gasteiger partial charge in [-0.2, -0.15) is 0 Å². The van der Waals surface area contributed by atoms with Crippen molar-refractivity contribution < 1.29 is 20.1 Å². The standard InChI is InChI=1S/C8H17NO4/c1-4-6(10)5(9(2)3)7(11)8(12)13-4/h4-8,10-12H,1-3H3. The van der Waals surface area contributed by atoms with E-state index in [0.29, 0.717) is 0 Å². The summed E-state index contributed by atoms with van der Waals surface area (Å²) in [6.45, 7) is 1.66. The lowest BCUT2D eigenvalue weighted by Gasteiger charge is -2.42. The molecule has 1 saturated heterocycles. The monoisotopic (exact) mass is 191 g/mol. The van der Waals surface area contributed by atoms with Crippen molar-refractivity contribution in [1.29, 1.82) is 0 Å². The quantitative estimate of drug-likeness (QED) is 0.464. The number of nitrogens with zero attached hydrogens (tertiary/aromatic N) is 1. The van der Waals surface area contributed by atoms with Gasteiger partial charge in [-0.15, -0.1) is 0 Å². The molecule has 0 spiro atoms. The van der Waals surface area contributed by atoms with E-state index < -0.39 is 30.6 Å². The molecule has 5 atom stereocenters. The minimum Gasteiger partial charge on any atom is -0.389 e. The van der Waals surface area contributed by atoms with Crippen LogP contribution in [0.2, 0.25) is 0 Å². The molecule has 0 aliphatic carbocycles. The third kappa shape index (κ3) is 2.00. The Balaban J connectivity index is 2.76. The van der Waals surface area contributed by atoms with E-state index in [1.54, 1.807) is 25.9 Å². The topological polar surface area (TPSA) is 73.2 Å².